The Hall–Kier alpha value is -4.95. The van der Waals surface area contributed by atoms with E-state index in [1.165, 1.54) is 27.8 Å². The minimum absolute atomic E-state index is 0.00681. The zero-order valence-electron chi connectivity index (χ0n) is 23.8. The molecule has 0 fully saturated rings. The summed E-state index contributed by atoms with van der Waals surface area (Å²) in [4.78, 5) is 16.2. The maximum absolute atomic E-state index is 13.9. The van der Waals surface area contributed by atoms with E-state index in [0.717, 1.165) is 45.7 Å². The Morgan fingerprint density at radius 3 is 2.17 bits per heavy atom. The van der Waals surface area contributed by atoms with Crippen LogP contribution < -0.4 is 4.90 Å². The lowest BCUT2D eigenvalue weighted by Gasteiger charge is -2.42. The minimum atomic E-state index is -0.00681. The molecule has 0 radical (unpaired) electrons. The molecule has 0 spiro atoms. The molecule has 0 saturated carbocycles. The lowest BCUT2D eigenvalue weighted by atomic mass is 9.62. The van der Waals surface area contributed by atoms with Crippen molar-refractivity contribution in [2.24, 2.45) is 5.92 Å². The van der Waals surface area contributed by atoms with Crippen molar-refractivity contribution >= 4 is 28.4 Å². The van der Waals surface area contributed by atoms with E-state index in [2.05, 4.69) is 128 Å². The Labute approximate surface area is 247 Å². The number of fused-ring (bicyclic) bond motifs is 7. The molecule has 0 N–H and O–H groups in total. The van der Waals surface area contributed by atoms with Gasteiger partial charge in [0.05, 0.1) is 11.3 Å². The van der Waals surface area contributed by atoms with Gasteiger partial charge in [-0.05, 0) is 87.0 Å². The van der Waals surface area contributed by atoms with E-state index < -0.39 is 0 Å². The van der Waals surface area contributed by atoms with Gasteiger partial charge in [0, 0.05) is 16.9 Å². The van der Waals surface area contributed by atoms with Crippen LogP contribution in [0.15, 0.2) is 133 Å². The van der Waals surface area contributed by atoms with Crippen molar-refractivity contribution in [1.82, 2.24) is 0 Å². The van der Waals surface area contributed by atoms with E-state index in [1.54, 1.807) is 0 Å². The lowest BCUT2D eigenvalue weighted by molar-refractivity contribution is 0.104. The van der Waals surface area contributed by atoms with Gasteiger partial charge >= 0.3 is 0 Å². The molecule has 0 amide bonds. The number of rotatable bonds is 4. The molecule has 0 aliphatic heterocycles. The Balaban J connectivity index is 1.33. The van der Waals surface area contributed by atoms with Gasteiger partial charge in [0.15, 0.2) is 5.78 Å². The number of carbonyl (C=O) groups excluding carboxylic acids is 1. The number of anilines is 3. The van der Waals surface area contributed by atoms with Gasteiger partial charge in [-0.25, -0.2) is 0 Å². The summed E-state index contributed by atoms with van der Waals surface area (Å²) in [5.41, 5.74) is 13.0. The van der Waals surface area contributed by atoms with Crippen LogP contribution in [0.1, 0.15) is 47.3 Å². The third-order valence-corrected chi connectivity index (χ3v) is 9.51. The molecule has 0 aromatic heterocycles. The molecule has 202 valence electrons. The van der Waals surface area contributed by atoms with Gasteiger partial charge in [-0.2, -0.15) is 0 Å². The highest BCUT2D eigenvalue weighted by Crippen LogP contribution is 2.51. The first-order valence-electron chi connectivity index (χ1n) is 14.8. The van der Waals surface area contributed by atoms with Crippen LogP contribution >= 0.6 is 0 Å². The van der Waals surface area contributed by atoms with Gasteiger partial charge in [0.25, 0.3) is 0 Å². The molecule has 8 rings (SSSR count). The molecule has 3 aliphatic rings. The van der Waals surface area contributed by atoms with Crippen molar-refractivity contribution in [3.63, 3.8) is 0 Å². The normalized spacial score (nSPS) is 17.2. The largest absolute Gasteiger partial charge is 0.310 e. The Bertz CT molecular complexity index is 1940. The first-order chi connectivity index (χ1) is 20.5. The highest BCUT2D eigenvalue weighted by atomic mass is 16.1. The van der Waals surface area contributed by atoms with Crippen molar-refractivity contribution in [3.8, 4) is 22.3 Å². The van der Waals surface area contributed by atoms with Gasteiger partial charge in [0.1, 0.15) is 0 Å². The molecule has 0 heterocycles. The van der Waals surface area contributed by atoms with Crippen molar-refractivity contribution in [1.29, 1.82) is 0 Å². The van der Waals surface area contributed by atoms with E-state index in [4.69, 9.17) is 0 Å². The molecular formula is C40H31NO. The van der Waals surface area contributed by atoms with Crippen LogP contribution in [-0.4, -0.2) is 5.78 Å². The van der Waals surface area contributed by atoms with Gasteiger partial charge in [-0.15, -0.1) is 0 Å². The molecule has 5 aromatic carbocycles. The van der Waals surface area contributed by atoms with Crippen LogP contribution in [-0.2, 0) is 5.41 Å². The number of nitrogens with zero attached hydrogens (tertiary/aromatic N) is 1. The van der Waals surface area contributed by atoms with Gasteiger partial charge < -0.3 is 4.90 Å². The standard InChI is InChI=1S/C40H31NO/c1-40(2)29-13-8-12-28(24-29)32-23-22-31(25-36(32)40)41(30-20-18-27(19-21-30)26-10-4-3-5-11-26)37-17-9-16-34-33-14-6-7-15-35(33)39(42)38(34)37/h3-23,25,29H,24H2,1-2H3. The second-order valence-electron chi connectivity index (χ2n) is 12.2. The Morgan fingerprint density at radius 1 is 0.667 bits per heavy atom. The van der Waals surface area contributed by atoms with Crippen LogP contribution in [0.4, 0.5) is 17.1 Å². The van der Waals surface area contributed by atoms with Crippen molar-refractivity contribution in [2.45, 2.75) is 25.7 Å². The third kappa shape index (κ3) is 3.68. The van der Waals surface area contributed by atoms with Crippen LogP contribution in [0, 0.1) is 5.92 Å². The molecular weight excluding hydrogens is 510 g/mol. The summed E-state index contributed by atoms with van der Waals surface area (Å²) in [6.07, 6.45) is 7.93. The van der Waals surface area contributed by atoms with Crippen LogP contribution in [0.2, 0.25) is 0 Å². The molecule has 2 bridgehead atoms. The van der Waals surface area contributed by atoms with E-state index in [0.29, 0.717) is 5.92 Å². The SMILES string of the molecule is CC1(C)c2cc(N(c3ccc(-c4ccccc4)cc3)c3cccc4c3C(=O)c3ccccc3-4)ccc2C2=CC=CC1C2. The van der Waals surface area contributed by atoms with Gasteiger partial charge in [0.2, 0.25) is 0 Å². The van der Waals surface area contributed by atoms with E-state index >= 15 is 0 Å². The van der Waals surface area contributed by atoms with E-state index in [1.807, 2.05) is 24.3 Å². The number of benzene rings is 5. The number of allylic oxidation sites excluding steroid dienone is 4. The second-order valence-corrected chi connectivity index (χ2v) is 12.2. The van der Waals surface area contributed by atoms with E-state index in [-0.39, 0.29) is 11.2 Å². The minimum Gasteiger partial charge on any atom is -0.310 e. The average molecular weight is 542 g/mol. The maximum Gasteiger partial charge on any atom is 0.196 e. The molecule has 2 nitrogen and oxygen atoms in total. The van der Waals surface area contributed by atoms with Crippen LogP contribution in [0.3, 0.4) is 0 Å². The van der Waals surface area contributed by atoms with Crippen molar-refractivity contribution < 1.29 is 4.79 Å². The predicted molar refractivity (Wildman–Crippen MR) is 174 cm³/mol. The monoisotopic (exact) mass is 541 g/mol. The highest BCUT2D eigenvalue weighted by Gasteiger charge is 2.39. The third-order valence-electron chi connectivity index (χ3n) is 9.51. The predicted octanol–water partition coefficient (Wildman–Crippen LogP) is 10.3. The molecule has 1 atom stereocenters. The van der Waals surface area contributed by atoms with Crippen LogP contribution in [0.5, 0.6) is 0 Å². The number of ketones is 1. The Kier molecular flexibility index (Phi) is 5.49. The molecule has 42 heavy (non-hydrogen) atoms. The molecule has 1 unspecified atom stereocenters. The number of hydrogen-bond acceptors (Lipinski definition) is 2. The zero-order valence-corrected chi connectivity index (χ0v) is 23.8. The summed E-state index contributed by atoms with van der Waals surface area (Å²) in [6, 6.07) is 40.3. The fourth-order valence-electron chi connectivity index (χ4n) is 7.16. The van der Waals surface area contributed by atoms with Crippen molar-refractivity contribution in [3.05, 3.63) is 156 Å². The fourth-order valence-corrected chi connectivity index (χ4v) is 7.16. The van der Waals surface area contributed by atoms with Crippen molar-refractivity contribution in [2.75, 3.05) is 4.90 Å². The molecule has 3 aliphatic carbocycles. The number of hydrogen-bond donors (Lipinski definition) is 0. The van der Waals surface area contributed by atoms with Gasteiger partial charge in [-0.3, -0.25) is 4.79 Å². The summed E-state index contributed by atoms with van der Waals surface area (Å²) in [7, 11) is 0. The second kappa shape index (κ2) is 9.29. The first kappa shape index (κ1) is 24.8. The molecule has 2 heteroatoms. The van der Waals surface area contributed by atoms with Crippen LogP contribution in [0.25, 0.3) is 27.8 Å². The maximum atomic E-state index is 13.9. The summed E-state index contributed by atoms with van der Waals surface area (Å²) >= 11 is 0. The summed E-state index contributed by atoms with van der Waals surface area (Å²) in [5, 5.41) is 0. The fraction of sp³-hybridized carbons (Fsp3) is 0.125. The summed E-state index contributed by atoms with van der Waals surface area (Å²) < 4.78 is 0. The van der Waals surface area contributed by atoms with Gasteiger partial charge in [-0.1, -0.05) is 117 Å². The highest BCUT2D eigenvalue weighted by molar-refractivity contribution is 6.25. The first-order valence-corrected chi connectivity index (χ1v) is 14.8. The quantitative estimate of drug-likeness (QED) is 0.221. The molecule has 5 aromatic rings. The van der Waals surface area contributed by atoms with E-state index in [9.17, 15) is 4.79 Å². The smallest absolute Gasteiger partial charge is 0.196 e. The molecule has 0 saturated heterocycles. The number of carbonyl (C=O) groups is 1. The average Bonchev–Trinajstić information content (AvgIpc) is 3.34. The topological polar surface area (TPSA) is 20.3 Å². The summed E-state index contributed by atoms with van der Waals surface area (Å²) in [5.74, 6) is 0.557. The zero-order chi connectivity index (χ0) is 28.4. The Morgan fingerprint density at radius 2 is 1.36 bits per heavy atom. The lowest BCUT2D eigenvalue weighted by Crippen LogP contribution is -2.33. The summed E-state index contributed by atoms with van der Waals surface area (Å²) in [6.45, 7) is 4.73.